The van der Waals surface area contributed by atoms with Gasteiger partial charge in [0.2, 0.25) is 0 Å². The van der Waals surface area contributed by atoms with Gasteiger partial charge in [0.25, 0.3) is 0 Å². The highest BCUT2D eigenvalue weighted by atomic mass is 31.2. The van der Waals surface area contributed by atoms with Crippen molar-refractivity contribution >= 4 is 7.82 Å². The van der Waals surface area contributed by atoms with Crippen LogP contribution in [0.3, 0.4) is 0 Å². The molecule has 136 valence electrons. The van der Waals surface area contributed by atoms with E-state index in [2.05, 4.69) is 6.92 Å². The third-order valence-electron chi connectivity index (χ3n) is 1.99. The topological polar surface area (TPSA) is 135 Å². The van der Waals surface area contributed by atoms with Crippen LogP contribution in [0.4, 0.5) is 0 Å². The summed E-state index contributed by atoms with van der Waals surface area (Å²) in [5, 5.41) is 8.45. The second kappa shape index (κ2) is 19.0. The van der Waals surface area contributed by atoms with E-state index < -0.39 is 7.82 Å². The van der Waals surface area contributed by atoms with Crippen molar-refractivity contribution in [3.63, 3.8) is 0 Å². The van der Waals surface area contributed by atoms with Gasteiger partial charge in [-0.15, -0.1) is 0 Å². The molecule has 0 aliphatic rings. The van der Waals surface area contributed by atoms with Gasteiger partial charge in [-0.25, -0.2) is 4.57 Å². The zero-order valence-corrected chi connectivity index (χ0v) is 13.9. The maximum Gasteiger partial charge on any atom is 0.466 e. The van der Waals surface area contributed by atoms with E-state index in [1.54, 1.807) is 0 Å². The van der Waals surface area contributed by atoms with Crippen molar-refractivity contribution < 1.29 is 43.3 Å². The highest BCUT2D eigenvalue weighted by Crippen LogP contribution is 2.25. The van der Waals surface area contributed by atoms with E-state index in [1.165, 1.54) is 0 Å². The summed E-state index contributed by atoms with van der Waals surface area (Å²) >= 11 is 0. The first-order valence-corrected chi connectivity index (χ1v) is 8.68. The average Bonchev–Trinajstić information content (AvgIpc) is 2.42. The van der Waals surface area contributed by atoms with Gasteiger partial charge >= 0.3 is 7.82 Å². The van der Waals surface area contributed by atoms with Crippen LogP contribution in [0.15, 0.2) is 0 Å². The Labute approximate surface area is 131 Å². The van der Waals surface area contributed by atoms with Crippen LogP contribution in [0.5, 0.6) is 0 Å². The SMILES string of the molecule is CCCCOCCOCCOCCOCCO.O=P(O)(O)O. The Kier molecular flexibility index (Phi) is 20.8. The van der Waals surface area contributed by atoms with Crippen LogP contribution in [-0.2, 0) is 23.5 Å². The summed E-state index contributed by atoms with van der Waals surface area (Å²) in [6.45, 7) is 6.86. The van der Waals surface area contributed by atoms with E-state index in [0.29, 0.717) is 46.2 Å². The number of ether oxygens (including phenoxy) is 4. The highest BCUT2D eigenvalue weighted by Gasteiger charge is 2.00. The molecule has 0 heterocycles. The van der Waals surface area contributed by atoms with Crippen LogP contribution < -0.4 is 0 Å². The number of hydrogen-bond acceptors (Lipinski definition) is 6. The van der Waals surface area contributed by atoms with E-state index in [9.17, 15) is 0 Å². The fraction of sp³-hybridized carbons (Fsp3) is 1.00. The molecular weight excluding hydrogens is 319 g/mol. The smallest absolute Gasteiger partial charge is 0.394 e. The number of unbranched alkanes of at least 4 members (excludes halogenated alkanes) is 1. The van der Waals surface area contributed by atoms with Crippen LogP contribution in [0.1, 0.15) is 19.8 Å². The maximum absolute atomic E-state index is 8.88. The molecule has 0 aliphatic carbocycles. The van der Waals surface area contributed by atoms with Gasteiger partial charge in [-0.3, -0.25) is 0 Å². The molecule has 0 amide bonds. The Hall–Kier alpha value is -0.0900. The summed E-state index contributed by atoms with van der Waals surface area (Å²) < 4.78 is 29.8. The molecule has 0 saturated heterocycles. The Morgan fingerprint density at radius 2 is 1.05 bits per heavy atom. The Morgan fingerprint density at radius 3 is 1.36 bits per heavy atom. The molecule has 9 nitrogen and oxygen atoms in total. The fourth-order valence-electron chi connectivity index (χ4n) is 1.07. The van der Waals surface area contributed by atoms with Gasteiger partial charge in [0.1, 0.15) is 0 Å². The number of aliphatic hydroxyl groups excluding tert-OH is 1. The molecule has 22 heavy (non-hydrogen) atoms. The van der Waals surface area contributed by atoms with Crippen molar-refractivity contribution in [2.45, 2.75) is 19.8 Å². The summed E-state index contributed by atoms with van der Waals surface area (Å²) in [6, 6.07) is 0. The third kappa shape index (κ3) is 36.8. The lowest BCUT2D eigenvalue weighted by molar-refractivity contribution is -0.00568. The lowest BCUT2D eigenvalue weighted by Gasteiger charge is -2.06. The van der Waals surface area contributed by atoms with Crippen LogP contribution in [0, 0.1) is 0 Å². The Bertz CT molecular complexity index is 224. The maximum atomic E-state index is 8.88. The zero-order chi connectivity index (χ0) is 17.1. The first-order valence-electron chi connectivity index (χ1n) is 7.12. The second-order valence-corrected chi connectivity index (χ2v) is 5.07. The average molecular weight is 348 g/mol. The van der Waals surface area contributed by atoms with Gasteiger partial charge in [-0.1, -0.05) is 13.3 Å². The van der Waals surface area contributed by atoms with E-state index in [1.807, 2.05) is 0 Å². The molecule has 0 aromatic rings. The second-order valence-electron chi connectivity index (χ2n) is 4.04. The van der Waals surface area contributed by atoms with Gasteiger partial charge in [0.15, 0.2) is 0 Å². The molecule has 0 atom stereocenters. The number of phosphoric acid groups is 1. The van der Waals surface area contributed by atoms with Crippen molar-refractivity contribution in [1.82, 2.24) is 0 Å². The Balaban J connectivity index is 0. The highest BCUT2D eigenvalue weighted by molar-refractivity contribution is 7.45. The van der Waals surface area contributed by atoms with Crippen molar-refractivity contribution in [1.29, 1.82) is 0 Å². The van der Waals surface area contributed by atoms with E-state index in [-0.39, 0.29) is 6.61 Å². The molecule has 10 heteroatoms. The van der Waals surface area contributed by atoms with E-state index >= 15 is 0 Å². The number of hydrogen-bond donors (Lipinski definition) is 4. The molecule has 0 fully saturated rings. The predicted octanol–water partition coefficient (Wildman–Crippen LogP) is -0.0834. The molecule has 0 aromatic carbocycles. The molecule has 0 aliphatic heterocycles. The number of rotatable bonds is 14. The van der Waals surface area contributed by atoms with E-state index in [0.717, 1.165) is 19.4 Å². The van der Waals surface area contributed by atoms with E-state index in [4.69, 9.17) is 43.3 Å². The molecule has 0 aromatic heterocycles. The van der Waals surface area contributed by atoms with Gasteiger partial charge < -0.3 is 38.7 Å². The van der Waals surface area contributed by atoms with Gasteiger partial charge in [0, 0.05) is 6.61 Å². The third-order valence-corrected chi connectivity index (χ3v) is 1.99. The van der Waals surface area contributed by atoms with Gasteiger partial charge in [0.05, 0.1) is 52.9 Å². The normalized spacial score (nSPS) is 11.1. The summed E-state index contributed by atoms with van der Waals surface area (Å²) in [5.74, 6) is 0. The lowest BCUT2D eigenvalue weighted by atomic mass is 10.4. The first-order chi connectivity index (χ1) is 10.4. The van der Waals surface area contributed by atoms with Crippen molar-refractivity contribution in [2.24, 2.45) is 0 Å². The zero-order valence-electron chi connectivity index (χ0n) is 13.1. The molecule has 0 unspecified atom stereocenters. The summed E-state index contributed by atoms with van der Waals surface area (Å²) in [5.41, 5.74) is 0. The quantitative estimate of drug-likeness (QED) is 0.251. The largest absolute Gasteiger partial charge is 0.466 e. The summed E-state index contributed by atoms with van der Waals surface area (Å²) in [4.78, 5) is 21.6. The molecule has 0 saturated carbocycles. The minimum atomic E-state index is -4.64. The van der Waals surface area contributed by atoms with Crippen LogP contribution in [-0.4, -0.2) is 79.2 Å². The van der Waals surface area contributed by atoms with Gasteiger partial charge in [-0.2, -0.15) is 0 Å². The Morgan fingerprint density at radius 1 is 0.727 bits per heavy atom. The van der Waals surface area contributed by atoms with Crippen molar-refractivity contribution in [3.8, 4) is 0 Å². The monoisotopic (exact) mass is 348 g/mol. The standard InChI is InChI=1S/C12H26O5.H3O4P/c1-2-3-5-14-7-9-16-11-12-17-10-8-15-6-4-13;1-5(2,3)4/h13H,2-12H2,1H3;(H3,1,2,3,4). The molecule has 0 spiro atoms. The molecule has 4 N–H and O–H groups in total. The van der Waals surface area contributed by atoms with Gasteiger partial charge in [-0.05, 0) is 6.42 Å². The van der Waals surface area contributed by atoms with Crippen LogP contribution in [0.25, 0.3) is 0 Å². The lowest BCUT2D eigenvalue weighted by Crippen LogP contribution is -2.12. The molecule has 0 rings (SSSR count). The van der Waals surface area contributed by atoms with Crippen LogP contribution >= 0.6 is 7.82 Å². The molecular formula is C12H29O9P. The van der Waals surface area contributed by atoms with Crippen LogP contribution in [0.2, 0.25) is 0 Å². The molecule has 0 bridgehead atoms. The number of aliphatic hydroxyl groups is 1. The predicted molar refractivity (Wildman–Crippen MR) is 79.5 cm³/mol. The summed E-state index contributed by atoms with van der Waals surface area (Å²) in [7, 11) is -4.64. The van der Waals surface area contributed by atoms with Crippen molar-refractivity contribution in [3.05, 3.63) is 0 Å². The minimum Gasteiger partial charge on any atom is -0.394 e. The summed E-state index contributed by atoms with van der Waals surface area (Å²) in [6.07, 6.45) is 2.27. The molecule has 0 radical (unpaired) electrons. The fourth-order valence-corrected chi connectivity index (χ4v) is 1.07. The minimum absolute atomic E-state index is 0.0567. The first kappa shape index (κ1) is 24.2. The van der Waals surface area contributed by atoms with Crippen molar-refractivity contribution in [2.75, 3.05) is 59.5 Å².